The third-order valence-corrected chi connectivity index (χ3v) is 10.0. The number of ether oxygens (including phenoxy) is 2. The van der Waals surface area contributed by atoms with Gasteiger partial charge in [0.05, 0.1) is 25.9 Å². The molecule has 7 heterocycles. The van der Waals surface area contributed by atoms with E-state index in [0.29, 0.717) is 0 Å². The quantitative estimate of drug-likeness (QED) is 0.145. The van der Waals surface area contributed by atoms with Crippen LogP contribution in [0.4, 0.5) is 11.9 Å². The van der Waals surface area contributed by atoms with Crippen LogP contribution in [0.25, 0.3) is 22.3 Å². The van der Waals surface area contributed by atoms with Gasteiger partial charge in [-0.3, -0.25) is 46.8 Å². The molecule has 46 heavy (non-hydrogen) atoms. The molecule has 3 aliphatic heterocycles. The zero-order valence-corrected chi connectivity index (χ0v) is 25.7. The van der Waals surface area contributed by atoms with Crippen molar-refractivity contribution < 1.29 is 46.5 Å². The number of rotatable bonds is 2. The number of aromatic nitrogens is 8. The molecule has 4 unspecified atom stereocenters. The third-order valence-electron chi connectivity index (χ3n) is 8.06. The lowest BCUT2D eigenvalue weighted by atomic mass is 10.0. The molecule has 0 saturated carbocycles. The van der Waals surface area contributed by atoms with Crippen molar-refractivity contribution in [2.75, 3.05) is 24.7 Å². The zero-order valence-electron chi connectivity index (χ0n) is 23.9. The van der Waals surface area contributed by atoms with E-state index >= 15 is 0 Å². The highest BCUT2D eigenvalue weighted by Gasteiger charge is 2.52. The Labute approximate surface area is 256 Å². The van der Waals surface area contributed by atoms with Crippen LogP contribution in [-0.2, 0) is 36.7 Å². The Morgan fingerprint density at radius 1 is 0.783 bits per heavy atom. The van der Waals surface area contributed by atoms with Crippen LogP contribution in [0.15, 0.2) is 22.2 Å². The second-order valence-corrected chi connectivity index (χ2v) is 13.9. The number of phosphoric ester groups is 2. The minimum absolute atomic E-state index is 0.0359. The Morgan fingerprint density at radius 3 is 1.57 bits per heavy atom. The maximum Gasteiger partial charge on any atom is 0.472 e. The van der Waals surface area contributed by atoms with Gasteiger partial charge in [-0.25, -0.2) is 19.1 Å². The fourth-order valence-corrected chi connectivity index (χ4v) is 8.02. The Balaban J connectivity index is 1.18. The van der Waals surface area contributed by atoms with Crippen molar-refractivity contribution in [1.82, 2.24) is 39.0 Å². The summed E-state index contributed by atoms with van der Waals surface area (Å²) in [7, 11) is -9.72. The lowest BCUT2D eigenvalue weighted by molar-refractivity contribution is -0.0661. The summed E-state index contributed by atoms with van der Waals surface area (Å²) < 4.78 is 63.1. The van der Waals surface area contributed by atoms with Crippen molar-refractivity contribution in [2.45, 2.75) is 50.7 Å². The molecule has 3 aliphatic rings. The van der Waals surface area contributed by atoms with Gasteiger partial charge in [-0.2, -0.15) is 9.97 Å². The van der Waals surface area contributed by atoms with E-state index in [1.54, 1.807) is 13.8 Å². The molecular formula is C22H28N10O12P2. The van der Waals surface area contributed by atoms with Gasteiger partial charge in [0.15, 0.2) is 22.3 Å². The average molecular weight is 686 g/mol. The molecule has 0 radical (unpaired) electrons. The second-order valence-electron chi connectivity index (χ2n) is 11.1. The number of nitrogens with two attached hydrogens (primary N) is 2. The van der Waals surface area contributed by atoms with E-state index < -0.39 is 88.7 Å². The number of phosphoric acid groups is 2. The number of nitrogen functional groups attached to an aromatic ring is 2. The summed E-state index contributed by atoms with van der Waals surface area (Å²) >= 11 is 0. The first-order valence-corrected chi connectivity index (χ1v) is 16.8. The minimum Gasteiger partial charge on any atom is -0.369 e. The summed E-state index contributed by atoms with van der Waals surface area (Å²) in [6.07, 6.45) is -4.34. The largest absolute Gasteiger partial charge is 0.472 e. The lowest BCUT2D eigenvalue weighted by Crippen LogP contribution is -2.35. The number of anilines is 2. The first kappa shape index (κ1) is 31.1. The number of aromatic amines is 2. The van der Waals surface area contributed by atoms with Crippen molar-refractivity contribution >= 4 is 49.9 Å². The Kier molecular flexibility index (Phi) is 7.44. The van der Waals surface area contributed by atoms with Crippen LogP contribution >= 0.6 is 15.6 Å². The molecule has 0 aromatic carbocycles. The maximum atomic E-state index is 13.3. The van der Waals surface area contributed by atoms with Crippen LogP contribution in [0.1, 0.15) is 26.3 Å². The summed E-state index contributed by atoms with van der Waals surface area (Å²) in [5.41, 5.74) is 10.3. The maximum absolute atomic E-state index is 13.3. The Morgan fingerprint density at radius 2 is 1.17 bits per heavy atom. The summed E-state index contributed by atoms with van der Waals surface area (Å²) in [6, 6.07) is 0. The van der Waals surface area contributed by atoms with Gasteiger partial charge < -0.3 is 30.7 Å². The highest BCUT2D eigenvalue weighted by atomic mass is 31.2. The Bertz CT molecular complexity index is 1900. The number of hydrogen-bond donors (Lipinski definition) is 6. The van der Waals surface area contributed by atoms with Crippen LogP contribution in [0, 0.1) is 11.8 Å². The van der Waals surface area contributed by atoms with Crippen molar-refractivity contribution in [3.63, 3.8) is 0 Å². The highest BCUT2D eigenvalue weighted by molar-refractivity contribution is 7.47. The number of hydrogen-bond acceptors (Lipinski definition) is 16. The number of fused-ring (bicyclic) bond motifs is 4. The van der Waals surface area contributed by atoms with Crippen molar-refractivity contribution in [3.05, 3.63) is 33.4 Å². The van der Waals surface area contributed by atoms with Crippen LogP contribution in [0.2, 0.25) is 0 Å². The molecule has 4 aromatic rings. The first-order chi connectivity index (χ1) is 21.7. The van der Waals surface area contributed by atoms with Gasteiger partial charge in [0.1, 0.15) is 36.9 Å². The normalized spacial score (nSPS) is 37.1. The molecule has 3 saturated heterocycles. The fraction of sp³-hybridized carbons (Fsp3) is 0.545. The number of imidazole rings is 2. The van der Waals surface area contributed by atoms with Gasteiger partial charge in [0.2, 0.25) is 11.9 Å². The van der Waals surface area contributed by atoms with Gasteiger partial charge in [-0.05, 0) is 0 Å². The molecular weight excluding hydrogens is 658 g/mol. The average Bonchev–Trinajstić information content (AvgIpc) is 3.72. The van der Waals surface area contributed by atoms with Gasteiger partial charge in [0, 0.05) is 11.8 Å². The number of H-pyrrole nitrogens is 2. The van der Waals surface area contributed by atoms with Crippen molar-refractivity contribution in [2.24, 2.45) is 11.8 Å². The lowest BCUT2D eigenvalue weighted by Gasteiger charge is -2.28. The molecule has 0 spiro atoms. The van der Waals surface area contributed by atoms with Crippen LogP contribution in [0.3, 0.4) is 0 Å². The molecule has 0 amide bonds. The SMILES string of the molecule is CC1[C@H]2OP(=O)(O)OC[C@H]3O[C@@H](n4cnc5c(=O)[nH]c(N)nc54)[C@@H](C)C3OP(=O)(O)OC[C@H]2O[C@H]1n1cnc2c(=O)[nH]c(N)nc21. The monoisotopic (exact) mass is 686 g/mol. The summed E-state index contributed by atoms with van der Waals surface area (Å²) in [6.45, 7) is 1.97. The topological polar surface area (TPSA) is 309 Å². The second kappa shape index (κ2) is 11.0. The van der Waals surface area contributed by atoms with E-state index in [1.807, 2.05) is 0 Å². The minimum atomic E-state index is -4.86. The molecule has 8 N–H and O–H groups in total. The fourth-order valence-electron chi connectivity index (χ4n) is 5.96. The van der Waals surface area contributed by atoms with Gasteiger partial charge in [-0.1, -0.05) is 13.8 Å². The van der Waals surface area contributed by atoms with Crippen molar-refractivity contribution in [1.29, 1.82) is 0 Å². The third kappa shape index (κ3) is 5.35. The van der Waals surface area contributed by atoms with Crippen LogP contribution in [-0.4, -0.2) is 86.5 Å². The predicted octanol–water partition coefficient (Wildman–Crippen LogP) is -0.498. The molecule has 10 atom stereocenters. The molecule has 0 bridgehead atoms. The van der Waals surface area contributed by atoms with Gasteiger partial charge >= 0.3 is 15.6 Å². The van der Waals surface area contributed by atoms with E-state index in [2.05, 4.69) is 29.9 Å². The van der Waals surface area contributed by atoms with E-state index in [-0.39, 0.29) is 34.2 Å². The van der Waals surface area contributed by atoms with Gasteiger partial charge in [-0.15, -0.1) is 0 Å². The molecule has 7 rings (SSSR count). The molecule has 22 nitrogen and oxygen atoms in total. The van der Waals surface area contributed by atoms with E-state index in [9.17, 15) is 28.5 Å². The van der Waals surface area contributed by atoms with Crippen LogP contribution in [0.5, 0.6) is 0 Å². The highest BCUT2D eigenvalue weighted by Crippen LogP contribution is 2.55. The summed E-state index contributed by atoms with van der Waals surface area (Å²) in [5, 5.41) is 0. The van der Waals surface area contributed by atoms with E-state index in [1.165, 1.54) is 21.8 Å². The number of nitrogens with one attached hydrogen (secondary N) is 2. The molecule has 0 aliphatic carbocycles. The first-order valence-electron chi connectivity index (χ1n) is 13.8. The predicted molar refractivity (Wildman–Crippen MR) is 153 cm³/mol. The van der Waals surface area contributed by atoms with E-state index in [0.717, 1.165) is 0 Å². The van der Waals surface area contributed by atoms with Crippen molar-refractivity contribution in [3.8, 4) is 0 Å². The smallest absolute Gasteiger partial charge is 0.369 e. The number of nitrogens with zero attached hydrogens (tertiary/aromatic N) is 6. The Hall–Kier alpha value is -3.56. The standard InChI is InChI=1S/C22H28N10O12P2/c1-7-13-9(41-19(7)31-5-25-11-15(31)27-21(23)29-17(11)33)3-39-46(37,38)44-14-8(2)20(42-10(14)4-40-45(35,36)43-13)32-6-26-12-16(32)28-22(24)30-18(12)34/h5-10,13-14,19-20H,3-4H2,1-2H3,(H,35,36)(H,37,38)(H3,23,27,29,33)(H3,24,28,30,34)/t7-,8?,9+,10+,13?,14+,19+,20+/m0/s1. The summed E-state index contributed by atoms with van der Waals surface area (Å²) in [5.74, 6) is -1.86. The molecule has 3 fully saturated rings. The van der Waals surface area contributed by atoms with E-state index in [4.69, 9.17) is 39.0 Å². The van der Waals surface area contributed by atoms with Crippen LogP contribution < -0.4 is 22.6 Å². The molecule has 24 heteroatoms. The van der Waals surface area contributed by atoms with Gasteiger partial charge in [0.25, 0.3) is 11.1 Å². The molecule has 4 aromatic heterocycles. The molecule has 248 valence electrons. The zero-order chi connectivity index (χ0) is 32.7. The summed E-state index contributed by atoms with van der Waals surface area (Å²) in [4.78, 5) is 67.1.